The van der Waals surface area contributed by atoms with Gasteiger partial charge in [-0.2, -0.15) is 0 Å². The fourth-order valence-electron chi connectivity index (χ4n) is 3.24. The number of aromatic nitrogens is 2. The third kappa shape index (κ3) is 4.46. The summed E-state index contributed by atoms with van der Waals surface area (Å²) in [6.45, 7) is 3.37. The fourth-order valence-corrected chi connectivity index (χ4v) is 3.24. The van der Waals surface area contributed by atoms with E-state index in [2.05, 4.69) is 20.2 Å². The molecule has 1 aromatic heterocycles. The van der Waals surface area contributed by atoms with Gasteiger partial charge in [-0.3, -0.25) is 9.69 Å². The number of morpholine rings is 1. The summed E-state index contributed by atoms with van der Waals surface area (Å²) in [6, 6.07) is -0.0227. The number of amides is 1. The molecule has 3 atom stereocenters. The second kappa shape index (κ2) is 7.96. The van der Waals surface area contributed by atoms with E-state index in [1.165, 1.54) is 6.33 Å². The highest BCUT2D eigenvalue weighted by atomic mass is 19.1. The van der Waals surface area contributed by atoms with Crippen LogP contribution >= 0.6 is 0 Å². The summed E-state index contributed by atoms with van der Waals surface area (Å²) in [5, 5.41) is 2.92. The number of carbonyl (C=O) groups excluding carboxylic acids is 1. The number of hydrogen-bond acceptors (Lipinski definition) is 6. The first-order valence-electron chi connectivity index (χ1n) is 8.31. The van der Waals surface area contributed by atoms with Gasteiger partial charge < -0.3 is 15.0 Å². The molecule has 24 heavy (non-hydrogen) atoms. The van der Waals surface area contributed by atoms with Crippen molar-refractivity contribution in [2.75, 3.05) is 39.8 Å². The lowest BCUT2D eigenvalue weighted by atomic mass is 10.2. The largest absolute Gasteiger partial charge is 0.366 e. The Morgan fingerprint density at radius 2 is 2.21 bits per heavy atom. The highest BCUT2D eigenvalue weighted by Crippen LogP contribution is 2.22. The third-order valence-corrected chi connectivity index (χ3v) is 4.55. The Balaban J connectivity index is 1.52. The number of likely N-dealkylation sites (tertiary alicyclic amines) is 1. The van der Waals surface area contributed by atoms with Crippen molar-refractivity contribution in [2.45, 2.75) is 31.3 Å². The molecule has 2 aliphatic heterocycles. The van der Waals surface area contributed by atoms with Crippen LogP contribution in [0.2, 0.25) is 0 Å². The summed E-state index contributed by atoms with van der Waals surface area (Å²) in [6.07, 6.45) is 4.07. The van der Waals surface area contributed by atoms with Gasteiger partial charge in [0.05, 0.1) is 6.61 Å². The standard InChI is InChI=1S/C16H24FN5O2/c1-21-2-3-24-15(10-21)16(23)20-7-14-4-13(17)9-22(14)8-12-5-18-11-19-6-12/h5-6,11,13-15H,2-4,7-10H2,1H3,(H,20,23)/t13-,14-,15+/m0/s1. The molecule has 7 nitrogen and oxygen atoms in total. The van der Waals surface area contributed by atoms with E-state index < -0.39 is 12.3 Å². The minimum absolute atomic E-state index is 0.0227. The molecule has 2 saturated heterocycles. The van der Waals surface area contributed by atoms with Gasteiger partial charge >= 0.3 is 0 Å². The number of halogens is 1. The van der Waals surface area contributed by atoms with Gasteiger partial charge in [-0.1, -0.05) is 0 Å². The van der Waals surface area contributed by atoms with Crippen molar-refractivity contribution in [2.24, 2.45) is 0 Å². The zero-order valence-corrected chi connectivity index (χ0v) is 13.9. The Hall–Kier alpha value is -1.64. The SMILES string of the molecule is CN1CCO[C@@H](C(=O)NC[C@@H]2C[C@H](F)CN2Cc2cncnc2)C1. The van der Waals surface area contributed by atoms with Gasteiger partial charge in [0.2, 0.25) is 0 Å². The first-order chi connectivity index (χ1) is 11.6. The molecule has 0 unspecified atom stereocenters. The third-order valence-electron chi connectivity index (χ3n) is 4.55. The first-order valence-corrected chi connectivity index (χ1v) is 8.31. The van der Waals surface area contributed by atoms with Gasteiger partial charge in [-0.25, -0.2) is 14.4 Å². The van der Waals surface area contributed by atoms with Crippen LogP contribution in [0, 0.1) is 0 Å². The smallest absolute Gasteiger partial charge is 0.250 e. The monoisotopic (exact) mass is 337 g/mol. The molecule has 0 radical (unpaired) electrons. The van der Waals surface area contributed by atoms with E-state index in [9.17, 15) is 9.18 Å². The molecule has 0 saturated carbocycles. The van der Waals surface area contributed by atoms with E-state index in [-0.39, 0.29) is 11.9 Å². The molecule has 132 valence electrons. The molecule has 3 heterocycles. The van der Waals surface area contributed by atoms with Crippen LogP contribution in [-0.4, -0.2) is 83.8 Å². The van der Waals surface area contributed by atoms with Crippen molar-refractivity contribution in [1.29, 1.82) is 0 Å². The van der Waals surface area contributed by atoms with Crippen molar-refractivity contribution in [1.82, 2.24) is 25.1 Å². The Kier molecular flexibility index (Phi) is 5.70. The van der Waals surface area contributed by atoms with Gasteiger partial charge in [0.25, 0.3) is 5.91 Å². The van der Waals surface area contributed by atoms with Crippen molar-refractivity contribution < 1.29 is 13.9 Å². The minimum atomic E-state index is -0.867. The molecule has 0 bridgehead atoms. The van der Waals surface area contributed by atoms with E-state index >= 15 is 0 Å². The molecule has 0 spiro atoms. The fraction of sp³-hybridized carbons (Fsp3) is 0.688. The summed E-state index contributed by atoms with van der Waals surface area (Å²) < 4.78 is 19.4. The lowest BCUT2D eigenvalue weighted by Gasteiger charge is -2.30. The molecule has 0 aliphatic carbocycles. The zero-order chi connectivity index (χ0) is 16.9. The van der Waals surface area contributed by atoms with Crippen molar-refractivity contribution >= 4 is 5.91 Å². The maximum atomic E-state index is 13.8. The van der Waals surface area contributed by atoms with Gasteiger partial charge in [-0.15, -0.1) is 0 Å². The maximum absolute atomic E-state index is 13.8. The second-order valence-corrected chi connectivity index (χ2v) is 6.53. The predicted octanol–water partition coefficient (Wildman–Crippen LogP) is -0.164. The van der Waals surface area contributed by atoms with Gasteiger partial charge in [0.15, 0.2) is 0 Å². The highest BCUT2D eigenvalue weighted by molar-refractivity contribution is 5.81. The Morgan fingerprint density at radius 1 is 1.42 bits per heavy atom. The molecule has 1 amide bonds. The van der Waals surface area contributed by atoms with E-state index in [4.69, 9.17) is 4.74 Å². The zero-order valence-electron chi connectivity index (χ0n) is 13.9. The van der Waals surface area contributed by atoms with Crippen LogP contribution in [0.1, 0.15) is 12.0 Å². The number of nitrogens with one attached hydrogen (secondary N) is 1. The van der Waals surface area contributed by atoms with Crippen molar-refractivity contribution in [3.05, 3.63) is 24.3 Å². The summed E-state index contributed by atoms with van der Waals surface area (Å²) in [7, 11) is 1.97. The Morgan fingerprint density at radius 3 is 2.96 bits per heavy atom. The van der Waals surface area contributed by atoms with Crippen LogP contribution in [0.5, 0.6) is 0 Å². The molecule has 3 rings (SSSR count). The van der Waals surface area contributed by atoms with Crippen LogP contribution in [0.15, 0.2) is 18.7 Å². The van der Waals surface area contributed by atoms with E-state index in [0.717, 1.165) is 12.1 Å². The molecule has 2 aliphatic rings. The Labute approximate surface area is 141 Å². The number of rotatable bonds is 5. The Bertz CT molecular complexity index is 547. The van der Waals surface area contributed by atoms with Gasteiger partial charge in [0.1, 0.15) is 18.6 Å². The average molecular weight is 337 g/mol. The lowest BCUT2D eigenvalue weighted by molar-refractivity contribution is -0.138. The summed E-state index contributed by atoms with van der Waals surface area (Å²) >= 11 is 0. The molecular weight excluding hydrogens is 313 g/mol. The first kappa shape index (κ1) is 17.2. The van der Waals surface area contributed by atoms with Gasteiger partial charge in [0, 0.05) is 56.7 Å². The summed E-state index contributed by atoms with van der Waals surface area (Å²) in [5.41, 5.74) is 0.945. The molecule has 8 heteroatoms. The molecule has 0 aromatic carbocycles. The van der Waals surface area contributed by atoms with Crippen LogP contribution in [0.3, 0.4) is 0 Å². The van der Waals surface area contributed by atoms with Crippen molar-refractivity contribution in [3.8, 4) is 0 Å². The quantitative estimate of drug-likeness (QED) is 0.805. The summed E-state index contributed by atoms with van der Waals surface area (Å²) in [4.78, 5) is 24.3. The molecular formula is C16H24FN5O2. The average Bonchev–Trinajstić information content (AvgIpc) is 2.93. The number of likely N-dealkylation sites (N-methyl/N-ethyl adjacent to an activating group) is 1. The molecule has 1 aromatic rings. The predicted molar refractivity (Wildman–Crippen MR) is 86.0 cm³/mol. The summed E-state index contributed by atoms with van der Waals surface area (Å²) in [5.74, 6) is -0.119. The highest BCUT2D eigenvalue weighted by Gasteiger charge is 2.33. The molecule has 2 fully saturated rings. The van der Waals surface area contributed by atoms with E-state index in [0.29, 0.717) is 39.2 Å². The van der Waals surface area contributed by atoms with Crippen LogP contribution in [-0.2, 0) is 16.1 Å². The van der Waals surface area contributed by atoms with Crippen LogP contribution in [0.4, 0.5) is 4.39 Å². The normalized spacial score (nSPS) is 28.8. The topological polar surface area (TPSA) is 70.6 Å². The second-order valence-electron chi connectivity index (χ2n) is 6.53. The van der Waals surface area contributed by atoms with Crippen LogP contribution < -0.4 is 5.32 Å². The number of carbonyl (C=O) groups is 1. The number of nitrogens with zero attached hydrogens (tertiary/aromatic N) is 4. The van der Waals surface area contributed by atoms with Gasteiger partial charge in [-0.05, 0) is 13.5 Å². The maximum Gasteiger partial charge on any atom is 0.250 e. The van der Waals surface area contributed by atoms with E-state index in [1.807, 2.05) is 11.9 Å². The number of alkyl halides is 1. The number of ether oxygens (including phenoxy) is 1. The lowest BCUT2D eigenvalue weighted by Crippen LogP contribution is -2.50. The minimum Gasteiger partial charge on any atom is -0.366 e. The number of hydrogen-bond donors (Lipinski definition) is 1. The van der Waals surface area contributed by atoms with Crippen LogP contribution in [0.25, 0.3) is 0 Å². The molecule has 1 N–H and O–H groups in total. The van der Waals surface area contributed by atoms with E-state index in [1.54, 1.807) is 12.4 Å². The van der Waals surface area contributed by atoms with Crippen molar-refractivity contribution in [3.63, 3.8) is 0 Å².